The van der Waals surface area contributed by atoms with E-state index in [1.54, 1.807) is 11.3 Å². The lowest BCUT2D eigenvalue weighted by Crippen LogP contribution is -1.96. The van der Waals surface area contributed by atoms with Gasteiger partial charge in [0.05, 0.1) is 6.42 Å². The highest BCUT2D eigenvalue weighted by molar-refractivity contribution is 7.09. The normalized spacial score (nSPS) is 10.8. The smallest absolute Gasteiger partial charge is 0.280 e. The van der Waals surface area contributed by atoms with Gasteiger partial charge in [0.1, 0.15) is 5.01 Å². The van der Waals surface area contributed by atoms with Gasteiger partial charge in [-0.1, -0.05) is 5.16 Å². The van der Waals surface area contributed by atoms with Gasteiger partial charge in [-0.25, -0.2) is 15.0 Å². The third kappa shape index (κ3) is 2.43. The molecular weight excluding hydrogens is 264 g/mol. The lowest BCUT2D eigenvalue weighted by molar-refractivity contribution is 0.422. The summed E-state index contributed by atoms with van der Waals surface area (Å²) in [6.45, 7) is 1.95. The quantitative estimate of drug-likeness (QED) is 0.771. The highest BCUT2D eigenvalue weighted by Gasteiger charge is 2.14. The molecule has 0 amide bonds. The number of aryl methyl sites for hydroxylation is 1. The zero-order chi connectivity index (χ0) is 13.2. The van der Waals surface area contributed by atoms with Gasteiger partial charge in [-0.3, -0.25) is 0 Å². The number of rotatable bonds is 3. The SMILES string of the molecule is Cc1csc(Cc2noc(-c3nccnc3N)n2)n1. The van der Waals surface area contributed by atoms with E-state index in [9.17, 15) is 0 Å². The zero-order valence-corrected chi connectivity index (χ0v) is 10.9. The maximum absolute atomic E-state index is 5.71. The first-order chi connectivity index (χ1) is 9.22. The van der Waals surface area contributed by atoms with E-state index in [0.29, 0.717) is 17.9 Å². The van der Waals surface area contributed by atoms with Crippen molar-refractivity contribution >= 4 is 17.2 Å². The van der Waals surface area contributed by atoms with E-state index in [1.807, 2.05) is 12.3 Å². The fraction of sp³-hybridized carbons (Fsp3) is 0.182. The first-order valence-corrected chi connectivity index (χ1v) is 6.41. The molecule has 3 rings (SSSR count). The summed E-state index contributed by atoms with van der Waals surface area (Å²) < 4.78 is 5.14. The van der Waals surface area contributed by atoms with Crippen molar-refractivity contribution in [1.29, 1.82) is 0 Å². The Hall–Kier alpha value is -2.35. The highest BCUT2D eigenvalue weighted by Crippen LogP contribution is 2.20. The van der Waals surface area contributed by atoms with Gasteiger partial charge < -0.3 is 10.3 Å². The Morgan fingerprint density at radius 2 is 2.11 bits per heavy atom. The number of hydrogen-bond acceptors (Lipinski definition) is 8. The number of thiazole rings is 1. The largest absolute Gasteiger partial charge is 0.382 e. The van der Waals surface area contributed by atoms with Gasteiger partial charge in [-0.05, 0) is 6.92 Å². The van der Waals surface area contributed by atoms with Crippen LogP contribution in [0.25, 0.3) is 11.6 Å². The molecule has 0 bridgehead atoms. The van der Waals surface area contributed by atoms with Crippen molar-refractivity contribution < 1.29 is 4.52 Å². The molecular formula is C11H10N6OS. The standard InChI is InChI=1S/C11H10N6OS/c1-6-5-19-8(15-6)4-7-16-11(18-17-7)9-10(12)14-3-2-13-9/h2-3,5H,4H2,1H3,(H2,12,14). The van der Waals surface area contributed by atoms with Crippen LogP contribution in [-0.2, 0) is 6.42 Å². The summed E-state index contributed by atoms with van der Waals surface area (Å²) in [5.74, 6) is 1.09. The van der Waals surface area contributed by atoms with Crippen LogP contribution in [0.1, 0.15) is 16.5 Å². The zero-order valence-electron chi connectivity index (χ0n) is 10.1. The molecule has 0 radical (unpaired) electrons. The topological polar surface area (TPSA) is 104 Å². The maximum atomic E-state index is 5.71. The molecule has 0 aliphatic heterocycles. The average molecular weight is 274 g/mol. The summed E-state index contributed by atoms with van der Waals surface area (Å²) in [4.78, 5) is 16.6. The number of nitrogens with two attached hydrogens (primary N) is 1. The summed E-state index contributed by atoms with van der Waals surface area (Å²) in [6, 6.07) is 0. The van der Waals surface area contributed by atoms with Gasteiger partial charge in [0.2, 0.25) is 0 Å². The molecule has 0 atom stereocenters. The minimum absolute atomic E-state index is 0.266. The molecule has 0 aliphatic rings. The van der Waals surface area contributed by atoms with Crippen LogP contribution in [0.15, 0.2) is 22.3 Å². The minimum atomic E-state index is 0.266. The summed E-state index contributed by atoms with van der Waals surface area (Å²) in [6.07, 6.45) is 3.57. The molecule has 0 saturated heterocycles. The van der Waals surface area contributed by atoms with E-state index >= 15 is 0 Å². The Kier molecular flexibility index (Phi) is 2.92. The third-order valence-electron chi connectivity index (χ3n) is 2.37. The van der Waals surface area contributed by atoms with Crippen LogP contribution in [0.3, 0.4) is 0 Å². The molecule has 3 aromatic heterocycles. The van der Waals surface area contributed by atoms with Gasteiger partial charge >= 0.3 is 0 Å². The minimum Gasteiger partial charge on any atom is -0.382 e. The van der Waals surface area contributed by atoms with Crippen molar-refractivity contribution in [3.05, 3.63) is 34.3 Å². The average Bonchev–Trinajstić information content (AvgIpc) is 3.00. The predicted molar refractivity (Wildman–Crippen MR) is 69.4 cm³/mol. The Bertz CT molecular complexity index is 707. The second-order valence-electron chi connectivity index (χ2n) is 3.87. The number of aromatic nitrogens is 5. The molecule has 19 heavy (non-hydrogen) atoms. The van der Waals surface area contributed by atoms with Crippen LogP contribution in [0.5, 0.6) is 0 Å². The van der Waals surface area contributed by atoms with Gasteiger partial charge in [0, 0.05) is 23.5 Å². The molecule has 7 nitrogen and oxygen atoms in total. The fourth-order valence-corrected chi connectivity index (χ4v) is 2.32. The second kappa shape index (κ2) is 4.73. The van der Waals surface area contributed by atoms with Crippen molar-refractivity contribution in [2.24, 2.45) is 0 Å². The number of nitrogens with zero attached hydrogens (tertiary/aromatic N) is 5. The van der Waals surface area contributed by atoms with Crippen LogP contribution in [0, 0.1) is 6.92 Å². The van der Waals surface area contributed by atoms with Gasteiger partial charge in [0.15, 0.2) is 17.3 Å². The predicted octanol–water partition coefficient (Wildman–Crippen LogP) is 1.46. The molecule has 3 aromatic rings. The molecule has 96 valence electrons. The summed E-state index contributed by atoms with van der Waals surface area (Å²) in [7, 11) is 0. The first kappa shape index (κ1) is 11.7. The number of nitrogen functional groups attached to an aromatic ring is 1. The molecule has 0 unspecified atom stereocenters. The van der Waals surface area contributed by atoms with Gasteiger partial charge in [-0.15, -0.1) is 11.3 Å². The molecule has 0 fully saturated rings. The molecule has 0 aromatic carbocycles. The van der Waals surface area contributed by atoms with E-state index < -0.39 is 0 Å². The summed E-state index contributed by atoms with van der Waals surface area (Å²) in [5.41, 5.74) is 7.09. The van der Waals surface area contributed by atoms with Crippen LogP contribution < -0.4 is 5.73 Å². The molecule has 0 saturated carbocycles. The fourth-order valence-electron chi connectivity index (χ4n) is 1.55. The van der Waals surface area contributed by atoms with Crippen LogP contribution in [-0.4, -0.2) is 25.1 Å². The molecule has 0 spiro atoms. The van der Waals surface area contributed by atoms with E-state index in [4.69, 9.17) is 10.3 Å². The summed E-state index contributed by atoms with van der Waals surface area (Å²) in [5, 5.41) is 6.82. The van der Waals surface area contributed by atoms with Gasteiger partial charge in [-0.2, -0.15) is 4.98 Å². The molecule has 3 heterocycles. The van der Waals surface area contributed by atoms with E-state index in [0.717, 1.165) is 10.7 Å². The van der Waals surface area contributed by atoms with Crippen molar-refractivity contribution in [3.63, 3.8) is 0 Å². The second-order valence-corrected chi connectivity index (χ2v) is 4.81. The number of hydrogen-bond donors (Lipinski definition) is 1. The van der Waals surface area contributed by atoms with Crippen molar-refractivity contribution in [3.8, 4) is 11.6 Å². The molecule has 2 N–H and O–H groups in total. The lowest BCUT2D eigenvalue weighted by Gasteiger charge is -1.95. The third-order valence-corrected chi connectivity index (χ3v) is 3.34. The van der Waals surface area contributed by atoms with Crippen LogP contribution >= 0.6 is 11.3 Å². The Morgan fingerprint density at radius 3 is 2.84 bits per heavy atom. The van der Waals surface area contributed by atoms with Crippen molar-refractivity contribution in [1.82, 2.24) is 25.1 Å². The molecule has 8 heteroatoms. The summed E-state index contributed by atoms with van der Waals surface area (Å²) >= 11 is 1.57. The van der Waals surface area contributed by atoms with E-state index in [-0.39, 0.29) is 11.7 Å². The van der Waals surface area contributed by atoms with E-state index in [2.05, 4.69) is 25.1 Å². The Labute approximate surface area is 112 Å². The Balaban J connectivity index is 1.86. The van der Waals surface area contributed by atoms with Crippen LogP contribution in [0.4, 0.5) is 5.82 Å². The van der Waals surface area contributed by atoms with Crippen molar-refractivity contribution in [2.75, 3.05) is 5.73 Å². The van der Waals surface area contributed by atoms with Crippen LogP contribution in [0.2, 0.25) is 0 Å². The Morgan fingerprint density at radius 1 is 1.26 bits per heavy atom. The highest BCUT2D eigenvalue weighted by atomic mass is 32.1. The molecule has 0 aliphatic carbocycles. The maximum Gasteiger partial charge on any atom is 0.280 e. The number of anilines is 1. The van der Waals surface area contributed by atoms with E-state index in [1.165, 1.54) is 12.4 Å². The van der Waals surface area contributed by atoms with Gasteiger partial charge in [0.25, 0.3) is 5.89 Å². The lowest BCUT2D eigenvalue weighted by atomic mass is 10.4. The van der Waals surface area contributed by atoms with Crippen molar-refractivity contribution in [2.45, 2.75) is 13.3 Å². The first-order valence-electron chi connectivity index (χ1n) is 5.53. The monoisotopic (exact) mass is 274 g/mol.